The van der Waals surface area contributed by atoms with Crippen molar-refractivity contribution < 1.29 is 8.42 Å². The van der Waals surface area contributed by atoms with E-state index >= 15 is 0 Å². The Morgan fingerprint density at radius 3 is 2.67 bits per heavy atom. The molecule has 0 spiro atoms. The van der Waals surface area contributed by atoms with Crippen LogP contribution < -0.4 is 10.0 Å². The van der Waals surface area contributed by atoms with E-state index in [-0.39, 0.29) is 18.2 Å². The molecule has 0 aromatic carbocycles. The molecule has 6 heteroatoms. The Bertz CT molecular complexity index is 251. The van der Waals surface area contributed by atoms with Crippen molar-refractivity contribution in [2.45, 2.75) is 38.6 Å². The summed E-state index contributed by atoms with van der Waals surface area (Å²) in [5.41, 5.74) is 0. The zero-order valence-corrected chi connectivity index (χ0v) is 10.8. The molecular formula is C9H21ClN2O2S. The van der Waals surface area contributed by atoms with Crippen LogP contribution in [0.15, 0.2) is 0 Å². The third kappa shape index (κ3) is 6.35. The van der Waals surface area contributed by atoms with Crippen LogP contribution in [0.2, 0.25) is 0 Å². The van der Waals surface area contributed by atoms with E-state index in [1.54, 1.807) is 0 Å². The van der Waals surface area contributed by atoms with Crippen LogP contribution in [0.25, 0.3) is 0 Å². The lowest BCUT2D eigenvalue weighted by atomic mass is 10.1. The molecule has 0 aromatic rings. The molecule has 1 saturated heterocycles. The van der Waals surface area contributed by atoms with Gasteiger partial charge in [-0.3, -0.25) is 0 Å². The van der Waals surface area contributed by atoms with Gasteiger partial charge in [0.1, 0.15) is 0 Å². The van der Waals surface area contributed by atoms with Gasteiger partial charge in [0.25, 0.3) is 0 Å². The fraction of sp³-hybridized carbons (Fsp3) is 1.00. The van der Waals surface area contributed by atoms with Gasteiger partial charge in [0.15, 0.2) is 0 Å². The summed E-state index contributed by atoms with van der Waals surface area (Å²) < 4.78 is 25.3. The molecule has 15 heavy (non-hydrogen) atoms. The lowest BCUT2D eigenvalue weighted by Gasteiger charge is -2.23. The Balaban J connectivity index is 0.00000196. The minimum absolute atomic E-state index is 0. The van der Waals surface area contributed by atoms with E-state index in [1.165, 1.54) is 12.8 Å². The zero-order valence-electron chi connectivity index (χ0n) is 9.16. The molecule has 1 unspecified atom stereocenters. The number of piperidine rings is 1. The summed E-state index contributed by atoms with van der Waals surface area (Å²) in [5.74, 6) is 0.236. The smallest absolute Gasteiger partial charge is 0.211 e. The standard InChI is InChI=1S/C9H20N2O2S.ClH/c1-2-7-14(12,13)11-8-9-5-3-4-6-10-9;/h9-11H,2-8H2,1H3;1H. The second-order valence-electron chi connectivity index (χ2n) is 3.81. The van der Waals surface area contributed by atoms with Crippen LogP contribution in [0, 0.1) is 0 Å². The molecular weight excluding hydrogens is 236 g/mol. The second kappa shape index (κ2) is 7.44. The lowest BCUT2D eigenvalue weighted by Crippen LogP contribution is -2.43. The predicted octanol–water partition coefficient (Wildman–Crippen LogP) is 0.880. The van der Waals surface area contributed by atoms with E-state index in [2.05, 4.69) is 10.0 Å². The molecule has 1 aliphatic rings. The zero-order chi connectivity index (χ0) is 10.4. The largest absolute Gasteiger partial charge is 0.313 e. The molecule has 1 fully saturated rings. The van der Waals surface area contributed by atoms with Gasteiger partial charge in [-0.1, -0.05) is 13.3 Å². The van der Waals surface area contributed by atoms with Crippen molar-refractivity contribution in [1.82, 2.24) is 10.0 Å². The highest BCUT2D eigenvalue weighted by atomic mass is 35.5. The van der Waals surface area contributed by atoms with E-state index in [1.807, 2.05) is 6.92 Å². The quantitative estimate of drug-likeness (QED) is 0.768. The summed E-state index contributed by atoms with van der Waals surface area (Å²) in [7, 11) is -3.02. The Morgan fingerprint density at radius 2 is 2.13 bits per heavy atom. The molecule has 0 aliphatic carbocycles. The van der Waals surface area contributed by atoms with Crippen LogP contribution in [0.3, 0.4) is 0 Å². The maximum absolute atomic E-state index is 11.3. The predicted molar refractivity (Wildman–Crippen MR) is 65.0 cm³/mol. The molecule has 0 bridgehead atoms. The number of hydrogen-bond acceptors (Lipinski definition) is 3. The number of sulfonamides is 1. The normalized spacial score (nSPS) is 22.1. The van der Waals surface area contributed by atoms with Gasteiger partial charge in [0.2, 0.25) is 10.0 Å². The van der Waals surface area contributed by atoms with E-state index in [0.717, 1.165) is 13.0 Å². The highest BCUT2D eigenvalue weighted by Crippen LogP contribution is 2.06. The first kappa shape index (κ1) is 15.2. The highest BCUT2D eigenvalue weighted by Gasteiger charge is 2.15. The average Bonchev–Trinajstić information content (AvgIpc) is 2.17. The highest BCUT2D eigenvalue weighted by molar-refractivity contribution is 7.89. The van der Waals surface area contributed by atoms with Gasteiger partial charge < -0.3 is 5.32 Å². The molecule has 2 N–H and O–H groups in total. The number of nitrogens with one attached hydrogen (secondary N) is 2. The maximum Gasteiger partial charge on any atom is 0.211 e. The molecule has 0 amide bonds. The summed E-state index contributed by atoms with van der Waals surface area (Å²) in [5, 5.41) is 3.31. The molecule has 0 radical (unpaired) electrons. The minimum Gasteiger partial charge on any atom is -0.313 e. The molecule has 1 atom stereocenters. The number of halogens is 1. The van der Waals surface area contributed by atoms with Crippen LogP contribution in [0.1, 0.15) is 32.6 Å². The summed E-state index contributed by atoms with van der Waals surface area (Å²) in [4.78, 5) is 0. The summed E-state index contributed by atoms with van der Waals surface area (Å²) in [6.45, 7) is 3.43. The van der Waals surface area contributed by atoms with Crippen LogP contribution in [0.4, 0.5) is 0 Å². The Kier molecular flexibility index (Phi) is 7.52. The van der Waals surface area contributed by atoms with Crippen molar-refractivity contribution in [3.63, 3.8) is 0 Å². The maximum atomic E-state index is 11.3. The lowest BCUT2D eigenvalue weighted by molar-refractivity contribution is 0.398. The molecule has 1 aliphatic heterocycles. The first-order valence-corrected chi connectivity index (χ1v) is 7.00. The molecule has 0 saturated carbocycles. The van der Waals surface area contributed by atoms with Crippen LogP contribution >= 0.6 is 12.4 Å². The Morgan fingerprint density at radius 1 is 1.40 bits per heavy atom. The van der Waals surface area contributed by atoms with Gasteiger partial charge in [-0.2, -0.15) is 0 Å². The SMILES string of the molecule is CCCS(=O)(=O)NCC1CCCCN1.Cl. The van der Waals surface area contributed by atoms with E-state index in [4.69, 9.17) is 0 Å². The summed E-state index contributed by atoms with van der Waals surface area (Å²) in [6, 6.07) is 0.329. The Hall–Kier alpha value is 0.160. The van der Waals surface area contributed by atoms with Crippen LogP contribution in [-0.2, 0) is 10.0 Å². The van der Waals surface area contributed by atoms with Crippen molar-refractivity contribution in [2.75, 3.05) is 18.8 Å². The molecule has 4 nitrogen and oxygen atoms in total. The van der Waals surface area contributed by atoms with Gasteiger partial charge in [0.05, 0.1) is 5.75 Å². The average molecular weight is 257 g/mol. The summed E-state index contributed by atoms with van der Waals surface area (Å²) in [6.07, 6.45) is 4.16. The van der Waals surface area contributed by atoms with Crippen molar-refractivity contribution in [1.29, 1.82) is 0 Å². The van der Waals surface area contributed by atoms with Gasteiger partial charge >= 0.3 is 0 Å². The first-order chi connectivity index (χ1) is 6.64. The topological polar surface area (TPSA) is 58.2 Å². The first-order valence-electron chi connectivity index (χ1n) is 5.35. The third-order valence-electron chi connectivity index (χ3n) is 2.43. The molecule has 1 heterocycles. The van der Waals surface area contributed by atoms with E-state index in [9.17, 15) is 8.42 Å². The van der Waals surface area contributed by atoms with Crippen LogP contribution in [0.5, 0.6) is 0 Å². The fourth-order valence-corrected chi connectivity index (χ4v) is 2.80. The Labute approximate surface area is 98.7 Å². The number of hydrogen-bond donors (Lipinski definition) is 2. The molecule has 0 aromatic heterocycles. The minimum atomic E-state index is -3.02. The van der Waals surface area contributed by atoms with Crippen molar-refractivity contribution in [3.05, 3.63) is 0 Å². The monoisotopic (exact) mass is 256 g/mol. The number of rotatable bonds is 5. The van der Waals surface area contributed by atoms with Gasteiger partial charge in [-0.05, 0) is 25.8 Å². The van der Waals surface area contributed by atoms with Crippen LogP contribution in [-0.4, -0.2) is 33.3 Å². The van der Waals surface area contributed by atoms with Gasteiger partial charge in [0, 0.05) is 12.6 Å². The second-order valence-corrected chi connectivity index (χ2v) is 5.74. The van der Waals surface area contributed by atoms with Gasteiger partial charge in [-0.25, -0.2) is 13.1 Å². The van der Waals surface area contributed by atoms with Crippen molar-refractivity contribution >= 4 is 22.4 Å². The molecule has 1 rings (SSSR count). The van der Waals surface area contributed by atoms with Gasteiger partial charge in [-0.15, -0.1) is 12.4 Å². The van der Waals surface area contributed by atoms with Crippen molar-refractivity contribution in [3.8, 4) is 0 Å². The third-order valence-corrected chi connectivity index (χ3v) is 3.99. The van der Waals surface area contributed by atoms with E-state index in [0.29, 0.717) is 19.0 Å². The summed E-state index contributed by atoms with van der Waals surface area (Å²) >= 11 is 0. The fourth-order valence-electron chi connectivity index (χ4n) is 1.67. The molecule has 92 valence electrons. The van der Waals surface area contributed by atoms with Crippen molar-refractivity contribution in [2.24, 2.45) is 0 Å². The van der Waals surface area contributed by atoms with E-state index < -0.39 is 10.0 Å².